The minimum atomic E-state index is 0.611. The van der Waals surface area contributed by atoms with Crippen molar-refractivity contribution in [3.63, 3.8) is 0 Å². The quantitative estimate of drug-likeness (QED) is 0.690. The Labute approximate surface area is 107 Å². The van der Waals surface area contributed by atoms with Crippen molar-refractivity contribution in [2.75, 3.05) is 11.9 Å². The van der Waals surface area contributed by atoms with E-state index in [0.717, 1.165) is 24.1 Å². The highest BCUT2D eigenvalue weighted by molar-refractivity contribution is 9.09. The highest BCUT2D eigenvalue weighted by atomic mass is 79.9. The van der Waals surface area contributed by atoms with Gasteiger partial charge in [-0.05, 0) is 48.9 Å². The maximum Gasteiger partial charge on any atom is 0.119 e. The van der Waals surface area contributed by atoms with E-state index in [0.29, 0.717) is 5.92 Å². The molecule has 0 fully saturated rings. The summed E-state index contributed by atoms with van der Waals surface area (Å²) in [6, 6.07) is 6.44. The Kier molecular flexibility index (Phi) is 5.89. The Balaban J connectivity index is 2.74. The Morgan fingerprint density at radius 1 is 1.38 bits per heavy atom. The van der Waals surface area contributed by atoms with Crippen LogP contribution in [0.5, 0.6) is 5.75 Å². The molecule has 0 amide bonds. The molecule has 0 bridgehead atoms. The molecule has 90 valence electrons. The predicted molar refractivity (Wildman–Crippen MR) is 73.8 cm³/mol. The van der Waals surface area contributed by atoms with Crippen LogP contribution in [-0.4, -0.2) is 11.9 Å². The fraction of sp³-hybridized carbons (Fsp3) is 0.571. The van der Waals surface area contributed by atoms with Crippen LogP contribution < -0.4 is 4.74 Å². The second kappa shape index (κ2) is 6.95. The summed E-state index contributed by atoms with van der Waals surface area (Å²) in [4.78, 5) is 0. The van der Waals surface area contributed by atoms with E-state index in [2.05, 4.69) is 54.9 Å². The van der Waals surface area contributed by atoms with E-state index in [1.54, 1.807) is 0 Å². The molecule has 1 rings (SSSR count). The second-order valence-corrected chi connectivity index (χ2v) is 5.04. The molecule has 0 aromatic heterocycles. The molecule has 1 nitrogen and oxygen atoms in total. The normalized spacial score (nSPS) is 12.5. The number of halogens is 1. The Morgan fingerprint density at radius 2 is 2.12 bits per heavy atom. The number of hydrogen-bond acceptors (Lipinski definition) is 1. The number of ether oxygens (including phenoxy) is 1. The van der Waals surface area contributed by atoms with Gasteiger partial charge in [-0.3, -0.25) is 0 Å². The van der Waals surface area contributed by atoms with Gasteiger partial charge in [-0.1, -0.05) is 35.8 Å². The van der Waals surface area contributed by atoms with Crippen molar-refractivity contribution in [2.45, 2.75) is 39.5 Å². The van der Waals surface area contributed by atoms with E-state index >= 15 is 0 Å². The smallest absolute Gasteiger partial charge is 0.119 e. The van der Waals surface area contributed by atoms with E-state index in [1.165, 1.54) is 17.5 Å². The zero-order valence-electron chi connectivity index (χ0n) is 10.4. The van der Waals surface area contributed by atoms with Crippen LogP contribution in [0.1, 0.15) is 43.7 Å². The first kappa shape index (κ1) is 13.6. The average molecular weight is 285 g/mol. The molecule has 0 aliphatic heterocycles. The van der Waals surface area contributed by atoms with Crippen molar-refractivity contribution in [1.29, 1.82) is 0 Å². The molecular weight excluding hydrogens is 264 g/mol. The van der Waals surface area contributed by atoms with Crippen molar-refractivity contribution in [3.8, 4) is 5.75 Å². The molecule has 0 spiro atoms. The maximum absolute atomic E-state index is 5.62. The summed E-state index contributed by atoms with van der Waals surface area (Å²) in [5, 5.41) is 1.06. The van der Waals surface area contributed by atoms with Crippen molar-refractivity contribution in [2.24, 2.45) is 0 Å². The predicted octanol–water partition coefficient (Wildman–Crippen LogP) is 4.67. The van der Waals surface area contributed by atoms with Crippen LogP contribution in [0.25, 0.3) is 0 Å². The van der Waals surface area contributed by atoms with Crippen molar-refractivity contribution < 1.29 is 4.74 Å². The minimum Gasteiger partial charge on any atom is -0.494 e. The Bertz CT molecular complexity index is 323. The summed E-state index contributed by atoms with van der Waals surface area (Å²) in [5.74, 6) is 1.61. The molecule has 1 aromatic rings. The molecule has 16 heavy (non-hydrogen) atoms. The Hall–Kier alpha value is -0.500. The van der Waals surface area contributed by atoms with E-state index in [1.807, 2.05) is 0 Å². The number of alkyl halides is 1. The Morgan fingerprint density at radius 3 is 2.69 bits per heavy atom. The fourth-order valence-electron chi connectivity index (χ4n) is 1.83. The number of rotatable bonds is 6. The molecule has 0 radical (unpaired) electrons. The van der Waals surface area contributed by atoms with Gasteiger partial charge in [0.15, 0.2) is 0 Å². The van der Waals surface area contributed by atoms with Gasteiger partial charge < -0.3 is 4.74 Å². The SMILES string of the molecule is CCCOc1ccc(C(C)CCBr)c(C)c1. The van der Waals surface area contributed by atoms with Crippen LogP contribution in [0.2, 0.25) is 0 Å². The molecule has 1 atom stereocenters. The van der Waals surface area contributed by atoms with Crippen LogP contribution in [-0.2, 0) is 0 Å². The van der Waals surface area contributed by atoms with Crippen LogP contribution in [0.3, 0.4) is 0 Å². The van der Waals surface area contributed by atoms with E-state index < -0.39 is 0 Å². The van der Waals surface area contributed by atoms with Gasteiger partial charge in [0.1, 0.15) is 5.75 Å². The molecule has 1 aromatic carbocycles. The monoisotopic (exact) mass is 284 g/mol. The third kappa shape index (κ3) is 3.82. The van der Waals surface area contributed by atoms with Gasteiger partial charge in [0.05, 0.1) is 6.61 Å². The lowest BCUT2D eigenvalue weighted by molar-refractivity contribution is 0.317. The lowest BCUT2D eigenvalue weighted by Crippen LogP contribution is -2.00. The highest BCUT2D eigenvalue weighted by Crippen LogP contribution is 2.26. The third-order valence-corrected chi connectivity index (χ3v) is 3.24. The zero-order chi connectivity index (χ0) is 12.0. The second-order valence-electron chi connectivity index (χ2n) is 4.25. The van der Waals surface area contributed by atoms with Gasteiger partial charge in [-0.25, -0.2) is 0 Å². The van der Waals surface area contributed by atoms with E-state index in [4.69, 9.17) is 4.74 Å². The fourth-order valence-corrected chi connectivity index (χ4v) is 2.52. The van der Waals surface area contributed by atoms with Crippen LogP contribution in [0, 0.1) is 6.92 Å². The van der Waals surface area contributed by atoms with Crippen LogP contribution >= 0.6 is 15.9 Å². The standard InChI is InChI=1S/C14H21BrO/c1-4-9-16-13-5-6-14(12(3)10-13)11(2)7-8-15/h5-6,10-11H,4,7-9H2,1-3H3. The summed E-state index contributed by atoms with van der Waals surface area (Å²) in [6.45, 7) is 7.37. The molecule has 0 aliphatic rings. The van der Waals surface area contributed by atoms with Gasteiger partial charge in [0.25, 0.3) is 0 Å². The lowest BCUT2D eigenvalue weighted by Gasteiger charge is -2.15. The first-order chi connectivity index (χ1) is 7.69. The van der Waals surface area contributed by atoms with Gasteiger partial charge in [-0.15, -0.1) is 0 Å². The van der Waals surface area contributed by atoms with Crippen molar-refractivity contribution >= 4 is 15.9 Å². The van der Waals surface area contributed by atoms with Crippen molar-refractivity contribution in [1.82, 2.24) is 0 Å². The average Bonchev–Trinajstić information content (AvgIpc) is 2.26. The van der Waals surface area contributed by atoms with Gasteiger partial charge in [-0.2, -0.15) is 0 Å². The minimum absolute atomic E-state index is 0.611. The topological polar surface area (TPSA) is 9.23 Å². The van der Waals surface area contributed by atoms with Crippen molar-refractivity contribution in [3.05, 3.63) is 29.3 Å². The highest BCUT2D eigenvalue weighted by Gasteiger charge is 2.08. The van der Waals surface area contributed by atoms with E-state index in [9.17, 15) is 0 Å². The molecular formula is C14H21BrO. The summed E-state index contributed by atoms with van der Waals surface area (Å²) >= 11 is 3.50. The molecule has 2 heteroatoms. The summed E-state index contributed by atoms with van der Waals surface area (Å²) < 4.78 is 5.62. The third-order valence-electron chi connectivity index (χ3n) is 2.79. The largest absolute Gasteiger partial charge is 0.494 e. The first-order valence-electron chi connectivity index (χ1n) is 5.98. The summed E-state index contributed by atoms with van der Waals surface area (Å²) in [5.41, 5.74) is 2.77. The molecule has 0 saturated heterocycles. The summed E-state index contributed by atoms with van der Waals surface area (Å²) in [6.07, 6.45) is 2.23. The van der Waals surface area contributed by atoms with Crippen LogP contribution in [0.4, 0.5) is 0 Å². The van der Waals surface area contributed by atoms with Gasteiger partial charge in [0.2, 0.25) is 0 Å². The number of aryl methyl sites for hydroxylation is 1. The lowest BCUT2D eigenvalue weighted by atomic mass is 9.94. The number of benzene rings is 1. The molecule has 1 unspecified atom stereocenters. The van der Waals surface area contributed by atoms with E-state index in [-0.39, 0.29) is 0 Å². The zero-order valence-corrected chi connectivity index (χ0v) is 12.0. The van der Waals surface area contributed by atoms with Gasteiger partial charge in [0, 0.05) is 5.33 Å². The molecule has 0 aliphatic carbocycles. The van der Waals surface area contributed by atoms with Gasteiger partial charge >= 0.3 is 0 Å². The molecule has 0 heterocycles. The van der Waals surface area contributed by atoms with Crippen LogP contribution in [0.15, 0.2) is 18.2 Å². The molecule has 0 saturated carbocycles. The maximum atomic E-state index is 5.62. The summed E-state index contributed by atoms with van der Waals surface area (Å²) in [7, 11) is 0. The molecule has 0 N–H and O–H groups in total. The first-order valence-corrected chi connectivity index (χ1v) is 7.10. The number of hydrogen-bond donors (Lipinski definition) is 0.